The first-order valence-electron chi connectivity index (χ1n) is 18.9. The van der Waals surface area contributed by atoms with Gasteiger partial charge in [0.05, 0.1) is 0 Å². The highest BCUT2D eigenvalue weighted by molar-refractivity contribution is 5.69. The molecule has 4 N–H and O–H groups in total. The van der Waals surface area contributed by atoms with Gasteiger partial charge >= 0.3 is 24.4 Å². The molecule has 0 aliphatic carbocycles. The third-order valence-electron chi connectivity index (χ3n) is 8.73. The quantitative estimate of drug-likeness (QED) is 0.0565. The number of benzene rings is 4. The Balaban J connectivity index is 1.30. The molecular formula is C43H53N5O8. The second-order valence-corrected chi connectivity index (χ2v) is 13.0. The molecule has 4 amide bonds. The first kappa shape index (κ1) is 42.7. The molecule has 298 valence electrons. The van der Waals surface area contributed by atoms with Crippen LogP contribution in [0.1, 0.15) is 47.9 Å². The summed E-state index contributed by atoms with van der Waals surface area (Å²) < 4.78 is 21.9. The Kier molecular flexibility index (Phi) is 19.1. The van der Waals surface area contributed by atoms with Crippen molar-refractivity contribution in [1.82, 2.24) is 20.4 Å². The van der Waals surface area contributed by atoms with Gasteiger partial charge in [0, 0.05) is 45.3 Å². The Hall–Kier alpha value is -6.08. The average molecular weight is 768 g/mol. The summed E-state index contributed by atoms with van der Waals surface area (Å²) in [5.41, 5.74) is 9.70. The maximum absolute atomic E-state index is 13.5. The van der Waals surface area contributed by atoms with E-state index >= 15 is 0 Å². The molecule has 4 aromatic carbocycles. The normalized spacial score (nSPS) is 11.1. The molecule has 0 spiro atoms. The minimum Gasteiger partial charge on any atom is -0.445 e. The van der Waals surface area contributed by atoms with E-state index in [0.717, 1.165) is 22.3 Å². The van der Waals surface area contributed by atoms with Crippen LogP contribution in [0.15, 0.2) is 121 Å². The number of carbonyl (C=O) groups excluding carboxylic acids is 4. The zero-order valence-electron chi connectivity index (χ0n) is 31.8. The Morgan fingerprint density at radius 1 is 0.500 bits per heavy atom. The Bertz CT molecular complexity index is 1720. The molecule has 56 heavy (non-hydrogen) atoms. The van der Waals surface area contributed by atoms with Crippen LogP contribution < -0.4 is 16.4 Å². The van der Waals surface area contributed by atoms with E-state index in [0.29, 0.717) is 38.8 Å². The van der Waals surface area contributed by atoms with Gasteiger partial charge in [-0.25, -0.2) is 19.2 Å². The lowest BCUT2D eigenvalue weighted by atomic mass is 10.1. The Morgan fingerprint density at radius 2 is 0.875 bits per heavy atom. The van der Waals surface area contributed by atoms with Gasteiger partial charge in [-0.15, -0.1) is 0 Å². The van der Waals surface area contributed by atoms with Gasteiger partial charge in [-0.05, 0) is 47.9 Å². The number of amides is 4. The fraction of sp³-hybridized carbons (Fsp3) is 0.349. The molecule has 0 aromatic heterocycles. The smallest absolute Gasteiger partial charge is 0.410 e. The lowest BCUT2D eigenvalue weighted by Crippen LogP contribution is -2.46. The van der Waals surface area contributed by atoms with E-state index in [4.69, 9.17) is 24.7 Å². The number of ether oxygens (including phenoxy) is 4. The third kappa shape index (κ3) is 16.5. The lowest BCUT2D eigenvalue weighted by Gasteiger charge is -2.31. The van der Waals surface area contributed by atoms with Crippen LogP contribution in [-0.2, 0) is 45.4 Å². The molecule has 4 rings (SSSR count). The van der Waals surface area contributed by atoms with Crippen molar-refractivity contribution in [2.24, 2.45) is 5.73 Å². The second kappa shape index (κ2) is 25.1. The number of nitrogens with zero attached hydrogens (tertiary/aromatic N) is 2. The van der Waals surface area contributed by atoms with Crippen molar-refractivity contribution in [2.45, 2.75) is 58.2 Å². The van der Waals surface area contributed by atoms with Crippen LogP contribution in [0.4, 0.5) is 19.2 Å². The van der Waals surface area contributed by atoms with Gasteiger partial charge in [-0.3, -0.25) is 0 Å². The highest BCUT2D eigenvalue weighted by Crippen LogP contribution is 2.14. The lowest BCUT2D eigenvalue weighted by molar-refractivity contribution is 0.0756. The van der Waals surface area contributed by atoms with Crippen molar-refractivity contribution >= 4 is 24.4 Å². The Morgan fingerprint density at radius 3 is 1.30 bits per heavy atom. The standard InChI is InChI=1S/C43H53N5O8/c44-30-39(48(43(52)56-34-38-22-11-4-12-23-38)29-15-26-46-41(50)54-32-36-18-7-2-8-19-36)24-13-27-47(42(51)55-33-37-20-9-3-10-21-37)28-14-25-45-40(49)53-31-35-16-5-1-6-17-35/h1-12,16-23,39H,13-15,24-34,44H2,(H,45,49)(H,46,50). The highest BCUT2D eigenvalue weighted by Gasteiger charge is 2.25. The summed E-state index contributed by atoms with van der Waals surface area (Å²) in [4.78, 5) is 54.6. The molecule has 1 atom stereocenters. The number of nitrogens with one attached hydrogen (secondary N) is 2. The van der Waals surface area contributed by atoms with Crippen LogP contribution in [0.25, 0.3) is 0 Å². The summed E-state index contributed by atoms with van der Waals surface area (Å²) in [6.07, 6.45) is -0.264. The summed E-state index contributed by atoms with van der Waals surface area (Å²) >= 11 is 0. The molecule has 13 heteroatoms. The zero-order valence-corrected chi connectivity index (χ0v) is 31.8. The molecule has 0 fully saturated rings. The Labute approximate surface area is 329 Å². The van der Waals surface area contributed by atoms with Crippen LogP contribution in [0, 0.1) is 0 Å². The van der Waals surface area contributed by atoms with E-state index in [1.54, 1.807) is 9.80 Å². The summed E-state index contributed by atoms with van der Waals surface area (Å²) in [6.45, 7) is 2.12. The van der Waals surface area contributed by atoms with E-state index in [9.17, 15) is 19.2 Å². The number of alkyl carbamates (subject to hydrolysis) is 2. The van der Waals surface area contributed by atoms with Gasteiger partial charge in [-0.2, -0.15) is 0 Å². The maximum Gasteiger partial charge on any atom is 0.410 e. The SMILES string of the molecule is NCC(CCCN(CCCNC(=O)OCc1ccccc1)C(=O)OCc1ccccc1)N(CCCNC(=O)OCc1ccccc1)C(=O)OCc1ccccc1. The van der Waals surface area contributed by atoms with Crippen molar-refractivity contribution in [2.75, 3.05) is 39.3 Å². The number of rotatable bonds is 22. The first-order chi connectivity index (χ1) is 27.4. The topological polar surface area (TPSA) is 162 Å². The van der Waals surface area contributed by atoms with Crippen LogP contribution in [0.3, 0.4) is 0 Å². The van der Waals surface area contributed by atoms with Crippen LogP contribution in [0.5, 0.6) is 0 Å². The molecule has 0 heterocycles. The van der Waals surface area contributed by atoms with Crippen LogP contribution >= 0.6 is 0 Å². The van der Waals surface area contributed by atoms with E-state index < -0.39 is 30.4 Å². The molecule has 0 saturated carbocycles. The zero-order chi connectivity index (χ0) is 39.6. The number of carbonyl (C=O) groups is 4. The predicted octanol–water partition coefficient (Wildman–Crippen LogP) is 7.00. The maximum atomic E-state index is 13.5. The average Bonchev–Trinajstić information content (AvgIpc) is 3.24. The monoisotopic (exact) mass is 767 g/mol. The van der Waals surface area contributed by atoms with Gasteiger partial charge in [0.15, 0.2) is 0 Å². The molecule has 0 bridgehead atoms. The molecule has 0 radical (unpaired) electrons. The second-order valence-electron chi connectivity index (χ2n) is 13.0. The minimum absolute atomic E-state index is 0.0897. The molecular weight excluding hydrogens is 714 g/mol. The number of nitrogens with two attached hydrogens (primary N) is 1. The number of hydrogen-bond acceptors (Lipinski definition) is 9. The van der Waals surface area contributed by atoms with Crippen LogP contribution in [-0.4, -0.2) is 79.5 Å². The van der Waals surface area contributed by atoms with Gasteiger partial charge in [0.2, 0.25) is 0 Å². The predicted molar refractivity (Wildman–Crippen MR) is 212 cm³/mol. The summed E-state index contributed by atoms with van der Waals surface area (Å²) in [5.74, 6) is 0. The molecule has 0 saturated heterocycles. The van der Waals surface area contributed by atoms with Gasteiger partial charge in [0.25, 0.3) is 0 Å². The molecule has 13 nitrogen and oxygen atoms in total. The number of hydrogen-bond donors (Lipinski definition) is 3. The molecule has 1 unspecified atom stereocenters. The third-order valence-corrected chi connectivity index (χ3v) is 8.73. The molecule has 4 aromatic rings. The van der Waals surface area contributed by atoms with Gasteiger partial charge in [-0.1, -0.05) is 121 Å². The molecule has 0 aliphatic heterocycles. The van der Waals surface area contributed by atoms with Crippen molar-refractivity contribution in [1.29, 1.82) is 0 Å². The summed E-state index contributed by atoms with van der Waals surface area (Å²) in [7, 11) is 0. The molecule has 0 aliphatic rings. The van der Waals surface area contributed by atoms with Crippen molar-refractivity contribution < 1.29 is 38.1 Å². The fourth-order valence-electron chi connectivity index (χ4n) is 5.70. The highest BCUT2D eigenvalue weighted by atomic mass is 16.6. The summed E-state index contributed by atoms with van der Waals surface area (Å²) in [5, 5.41) is 5.48. The van der Waals surface area contributed by atoms with E-state index in [1.807, 2.05) is 121 Å². The summed E-state index contributed by atoms with van der Waals surface area (Å²) in [6, 6.07) is 37.1. The van der Waals surface area contributed by atoms with Crippen molar-refractivity contribution in [3.63, 3.8) is 0 Å². The fourth-order valence-corrected chi connectivity index (χ4v) is 5.70. The van der Waals surface area contributed by atoms with Crippen LogP contribution in [0.2, 0.25) is 0 Å². The van der Waals surface area contributed by atoms with E-state index in [2.05, 4.69) is 10.6 Å². The van der Waals surface area contributed by atoms with E-state index in [1.165, 1.54) is 0 Å². The minimum atomic E-state index is -0.555. The van der Waals surface area contributed by atoms with Crippen molar-refractivity contribution in [3.8, 4) is 0 Å². The van der Waals surface area contributed by atoms with Crippen molar-refractivity contribution in [3.05, 3.63) is 144 Å². The van der Waals surface area contributed by atoms with Gasteiger partial charge in [0.1, 0.15) is 26.4 Å². The van der Waals surface area contributed by atoms with E-state index in [-0.39, 0.29) is 52.6 Å². The largest absolute Gasteiger partial charge is 0.445 e. The first-order valence-corrected chi connectivity index (χ1v) is 18.9. The van der Waals surface area contributed by atoms with Gasteiger partial charge < -0.3 is 45.1 Å².